The molecule has 27 heavy (non-hydrogen) atoms. The van der Waals surface area contributed by atoms with Gasteiger partial charge in [-0.1, -0.05) is 19.1 Å². The van der Waals surface area contributed by atoms with E-state index in [2.05, 4.69) is 18.8 Å². The summed E-state index contributed by atoms with van der Waals surface area (Å²) < 4.78 is 70.7. The van der Waals surface area contributed by atoms with Crippen LogP contribution in [-0.4, -0.2) is 5.60 Å². The molecule has 0 heterocycles. The molecule has 1 aliphatic rings. The average Bonchev–Trinajstić information content (AvgIpc) is 2.57. The average molecular weight is 463 g/mol. The first kappa shape index (κ1) is 23.2. The molecule has 0 saturated heterocycles. The van der Waals surface area contributed by atoms with E-state index in [0.717, 1.165) is 18.4 Å². The highest BCUT2D eigenvalue weighted by molar-refractivity contribution is 8.95. The zero-order valence-electron chi connectivity index (χ0n) is 15.0. The van der Waals surface area contributed by atoms with Crippen molar-refractivity contribution in [2.45, 2.75) is 50.5 Å². The summed E-state index contributed by atoms with van der Waals surface area (Å²) in [5.74, 6) is -9.68. The summed E-state index contributed by atoms with van der Waals surface area (Å²) in [5.41, 5.74) is 0.366. The molecule has 1 nitrogen and oxygen atoms in total. The van der Waals surface area contributed by atoms with Gasteiger partial charge < -0.3 is 4.52 Å². The van der Waals surface area contributed by atoms with Gasteiger partial charge in [-0.25, -0.2) is 22.0 Å². The van der Waals surface area contributed by atoms with Crippen LogP contribution in [0.15, 0.2) is 17.0 Å². The molecule has 0 aliphatic heterocycles. The monoisotopic (exact) mass is 462 g/mol. The minimum absolute atomic E-state index is 0.0550. The molecular formula is C17H20F5OPS3. The maximum atomic E-state index is 14.0. The van der Waals surface area contributed by atoms with Crippen LogP contribution in [0, 0.1) is 40.9 Å². The molecule has 0 N–H and O–H groups in total. The third-order valence-corrected chi connectivity index (χ3v) is 9.82. The quantitative estimate of drug-likeness (QED) is 0.122. The number of thiol groups is 1. The molecule has 4 atom stereocenters. The van der Waals surface area contributed by atoms with Gasteiger partial charge >= 0.3 is 0 Å². The predicted molar refractivity (Wildman–Crippen MR) is 106 cm³/mol. The van der Waals surface area contributed by atoms with Crippen LogP contribution in [0.5, 0.6) is 0 Å². The summed E-state index contributed by atoms with van der Waals surface area (Å²) in [4.78, 5) is -1.06. The first-order chi connectivity index (χ1) is 12.3. The van der Waals surface area contributed by atoms with Crippen LogP contribution in [0.25, 0.3) is 0 Å². The lowest BCUT2D eigenvalue weighted by molar-refractivity contribution is 0.00251. The number of halogens is 5. The molecule has 1 aromatic rings. The number of hydrogen-bond donors (Lipinski definition) is 1. The Bertz CT molecular complexity index is 789. The Balaban J connectivity index is 2.26. The van der Waals surface area contributed by atoms with Crippen LogP contribution in [-0.2, 0) is 16.3 Å². The Labute approximate surface area is 170 Å². The Morgan fingerprint density at radius 2 is 1.67 bits per heavy atom. The van der Waals surface area contributed by atoms with Gasteiger partial charge in [-0.15, -0.1) is 12.2 Å². The van der Waals surface area contributed by atoms with Gasteiger partial charge in [0.15, 0.2) is 27.9 Å². The van der Waals surface area contributed by atoms with Gasteiger partial charge in [0, 0.05) is 0 Å². The van der Waals surface area contributed by atoms with Crippen molar-refractivity contribution in [1.29, 1.82) is 0 Å². The number of rotatable bonds is 5. The van der Waals surface area contributed by atoms with Gasteiger partial charge in [-0.05, 0) is 68.1 Å². The van der Waals surface area contributed by atoms with Crippen molar-refractivity contribution in [2.75, 3.05) is 0 Å². The maximum absolute atomic E-state index is 14.0. The van der Waals surface area contributed by atoms with Gasteiger partial charge in [0.05, 0.1) is 10.5 Å². The van der Waals surface area contributed by atoms with E-state index < -0.39 is 44.3 Å². The van der Waals surface area contributed by atoms with E-state index >= 15 is 0 Å². The fraction of sp³-hybridized carbons (Fsp3) is 0.529. The topological polar surface area (TPSA) is 9.23 Å². The fourth-order valence-electron chi connectivity index (χ4n) is 3.15. The highest BCUT2D eigenvalue weighted by Gasteiger charge is 2.42. The summed E-state index contributed by atoms with van der Waals surface area (Å²) >= 11 is 9.80. The van der Waals surface area contributed by atoms with Crippen LogP contribution >= 0.6 is 28.3 Å². The largest absolute Gasteiger partial charge is 0.327 e. The van der Waals surface area contributed by atoms with Crippen LogP contribution in [0.1, 0.15) is 40.0 Å². The zero-order valence-corrected chi connectivity index (χ0v) is 18.4. The lowest BCUT2D eigenvalue weighted by Gasteiger charge is -2.44. The first-order valence-electron chi connectivity index (χ1n) is 8.19. The minimum atomic E-state index is -3.25. The molecule has 1 aliphatic carbocycles. The molecule has 152 valence electrons. The van der Waals surface area contributed by atoms with Crippen molar-refractivity contribution in [2.24, 2.45) is 11.8 Å². The first-order valence-corrected chi connectivity index (χ1v) is 13.5. The van der Waals surface area contributed by atoms with Crippen molar-refractivity contribution in [3.63, 3.8) is 0 Å². The van der Waals surface area contributed by atoms with Crippen molar-refractivity contribution in [1.82, 2.24) is 0 Å². The highest BCUT2D eigenvalue weighted by atomic mass is 33.2. The van der Waals surface area contributed by atoms with E-state index in [9.17, 15) is 22.0 Å². The molecule has 0 aromatic heterocycles. The van der Waals surface area contributed by atoms with Crippen molar-refractivity contribution in [3.05, 3.63) is 41.2 Å². The normalized spacial score (nSPS) is 28.0. The summed E-state index contributed by atoms with van der Waals surface area (Å²) in [7, 11) is 0. The van der Waals surface area contributed by atoms with Crippen molar-refractivity contribution in [3.8, 4) is 0 Å². The van der Waals surface area contributed by atoms with Crippen LogP contribution in [0.2, 0.25) is 0 Å². The Kier molecular flexibility index (Phi) is 7.17. The maximum Gasteiger partial charge on any atom is 0.200 e. The summed E-state index contributed by atoms with van der Waals surface area (Å²) in [5, 5.41) is 0. The molecule has 1 fully saturated rings. The van der Waals surface area contributed by atoms with Gasteiger partial charge in [0.25, 0.3) is 0 Å². The zero-order chi connectivity index (χ0) is 20.7. The second-order valence-corrected chi connectivity index (χ2v) is 16.4. The minimum Gasteiger partial charge on any atom is -0.327 e. The molecule has 0 spiro atoms. The van der Waals surface area contributed by atoms with Crippen LogP contribution in [0.4, 0.5) is 22.0 Å². The van der Waals surface area contributed by atoms with E-state index in [1.807, 2.05) is 20.8 Å². The summed E-state index contributed by atoms with van der Waals surface area (Å²) in [6.07, 6.45) is 2.25. The van der Waals surface area contributed by atoms with Gasteiger partial charge in [-0.2, -0.15) is 0 Å². The number of benzene rings is 1. The number of hydrogen-bond acceptors (Lipinski definition) is 3. The second kappa shape index (κ2) is 8.34. The molecule has 1 unspecified atom stereocenters. The van der Waals surface area contributed by atoms with Crippen LogP contribution < -0.4 is 0 Å². The SMILES string of the molecule is C=C(C)[C@@H]1CC[C@](C)(OP(=S)(S)Sc2c(F)c(F)c(F)c(F)c2F)[C@@H](C)C1. The fourth-order valence-corrected chi connectivity index (χ4v) is 8.82. The van der Waals surface area contributed by atoms with E-state index in [-0.39, 0.29) is 5.92 Å². The summed E-state index contributed by atoms with van der Waals surface area (Å²) in [6.45, 7) is 9.75. The van der Waals surface area contributed by atoms with Crippen molar-refractivity contribution < 1.29 is 26.5 Å². The van der Waals surface area contributed by atoms with E-state index in [4.69, 9.17) is 16.3 Å². The second-order valence-electron chi connectivity index (χ2n) is 7.08. The van der Waals surface area contributed by atoms with Gasteiger partial charge in [0.2, 0.25) is 5.82 Å². The standard InChI is InChI=1S/C17H20F5OPS3/c1-8(2)10-5-6-17(4,9(3)7-10)23-24(25,26)27-16-14(21)12(19)11(18)13(20)15(16)22/h9-10H,1,5-7H2,2-4H3,(H,25,26)/t9-,10+,17-/m0/s1. The predicted octanol–water partition coefficient (Wildman–Crippen LogP) is 7.42. The molecule has 2 rings (SSSR count). The van der Waals surface area contributed by atoms with Gasteiger partial charge in [-0.3, -0.25) is 0 Å². The molecule has 1 saturated carbocycles. The van der Waals surface area contributed by atoms with Gasteiger partial charge in [0.1, 0.15) is 0 Å². The highest BCUT2D eigenvalue weighted by Crippen LogP contribution is 2.70. The smallest absolute Gasteiger partial charge is 0.200 e. The Hall–Kier alpha value is -0.0800. The number of allylic oxidation sites excluding steroid dienone is 1. The van der Waals surface area contributed by atoms with E-state index in [1.165, 1.54) is 0 Å². The van der Waals surface area contributed by atoms with E-state index in [0.29, 0.717) is 23.7 Å². The van der Waals surface area contributed by atoms with Crippen molar-refractivity contribution >= 4 is 40.1 Å². The Morgan fingerprint density at radius 1 is 1.19 bits per heavy atom. The third-order valence-electron chi connectivity index (χ3n) is 5.07. The molecule has 10 heteroatoms. The molecule has 1 aromatic carbocycles. The molecular weight excluding hydrogens is 442 g/mol. The molecule has 0 bridgehead atoms. The molecule has 0 amide bonds. The summed E-state index contributed by atoms with van der Waals surface area (Å²) in [6, 6.07) is 0. The molecule has 0 radical (unpaired) electrons. The lowest BCUT2D eigenvalue weighted by atomic mass is 9.71. The third kappa shape index (κ3) is 4.92. The van der Waals surface area contributed by atoms with Crippen LogP contribution in [0.3, 0.4) is 0 Å². The Morgan fingerprint density at radius 3 is 2.11 bits per heavy atom. The van der Waals surface area contributed by atoms with E-state index in [1.54, 1.807) is 0 Å². The lowest BCUT2D eigenvalue weighted by Crippen LogP contribution is -2.40.